The molecule has 0 atom stereocenters. The zero-order valence-electron chi connectivity index (χ0n) is 10.2. The van der Waals surface area contributed by atoms with Crippen LogP contribution in [0, 0.1) is 5.92 Å². The van der Waals surface area contributed by atoms with E-state index in [0.717, 1.165) is 30.5 Å². The van der Waals surface area contributed by atoms with Crippen molar-refractivity contribution in [2.24, 2.45) is 5.92 Å². The summed E-state index contributed by atoms with van der Waals surface area (Å²) in [5.74, 6) is 0.141. The Kier molecular flexibility index (Phi) is 4.19. The molecule has 1 aromatic rings. The minimum atomic E-state index is -4.29. The van der Waals surface area contributed by atoms with Crippen molar-refractivity contribution in [3.05, 3.63) is 35.4 Å². The predicted molar refractivity (Wildman–Crippen MR) is 67.0 cm³/mol. The Morgan fingerprint density at radius 3 is 2.00 bits per heavy atom. The fourth-order valence-corrected chi connectivity index (χ4v) is 2.82. The van der Waals surface area contributed by atoms with Crippen molar-refractivity contribution in [2.45, 2.75) is 37.8 Å². The second-order valence-corrected chi connectivity index (χ2v) is 5.34. The van der Waals surface area contributed by atoms with Crippen molar-refractivity contribution >= 4 is 16.8 Å². The molecule has 19 heavy (non-hydrogen) atoms. The van der Waals surface area contributed by atoms with E-state index in [1.807, 2.05) is 0 Å². The Hall–Kier alpha value is -1.03. The summed E-state index contributed by atoms with van der Waals surface area (Å²) in [6, 6.07) is 5.31. The third kappa shape index (κ3) is 3.50. The van der Waals surface area contributed by atoms with Crippen LogP contribution in [0.5, 0.6) is 0 Å². The molecule has 0 spiro atoms. The molecule has 0 N–H and O–H groups in total. The van der Waals surface area contributed by atoms with Gasteiger partial charge in [-0.05, 0) is 60.9 Å². The van der Waals surface area contributed by atoms with Crippen LogP contribution in [0.25, 0.3) is 0 Å². The first-order valence-electron chi connectivity index (χ1n) is 6.24. The Bertz CT molecular complexity index is 445. The first-order chi connectivity index (χ1) is 8.88. The molecule has 1 nitrogen and oxygen atoms in total. The third-order valence-electron chi connectivity index (χ3n) is 3.76. The Morgan fingerprint density at radius 2 is 1.58 bits per heavy atom. The lowest BCUT2D eigenvalue weighted by Gasteiger charge is -2.26. The summed E-state index contributed by atoms with van der Waals surface area (Å²) in [5.41, 5.74) is 0.286. The molecule has 0 saturated heterocycles. The molecule has 5 heteroatoms. The summed E-state index contributed by atoms with van der Waals surface area (Å²) in [7, 11) is 0. The Morgan fingerprint density at radius 1 is 1.05 bits per heavy atom. The number of rotatable bonds is 2. The van der Waals surface area contributed by atoms with Crippen LogP contribution < -0.4 is 0 Å². The Balaban J connectivity index is 2.02. The lowest BCUT2D eigenvalue weighted by atomic mass is 9.79. The van der Waals surface area contributed by atoms with Crippen LogP contribution in [0.15, 0.2) is 24.3 Å². The summed E-state index contributed by atoms with van der Waals surface area (Å²) in [5, 5.41) is -0.300. The highest BCUT2D eigenvalue weighted by Crippen LogP contribution is 2.37. The van der Waals surface area contributed by atoms with E-state index in [4.69, 9.17) is 11.6 Å². The van der Waals surface area contributed by atoms with Crippen LogP contribution in [-0.4, -0.2) is 5.24 Å². The van der Waals surface area contributed by atoms with Crippen molar-refractivity contribution in [1.29, 1.82) is 0 Å². The lowest BCUT2D eigenvalue weighted by Crippen LogP contribution is -2.17. The van der Waals surface area contributed by atoms with E-state index in [-0.39, 0.29) is 17.1 Å². The zero-order valence-corrected chi connectivity index (χ0v) is 11.0. The number of halogens is 4. The highest BCUT2D eigenvalue weighted by molar-refractivity contribution is 6.63. The zero-order chi connectivity index (χ0) is 14.0. The van der Waals surface area contributed by atoms with Crippen molar-refractivity contribution < 1.29 is 18.0 Å². The molecule has 0 unspecified atom stereocenters. The molecule has 2 rings (SSSR count). The van der Waals surface area contributed by atoms with Gasteiger partial charge in [-0.2, -0.15) is 13.2 Å². The molecule has 1 aromatic carbocycles. The summed E-state index contributed by atoms with van der Waals surface area (Å²) in [6.07, 6.45) is -1.26. The second kappa shape index (κ2) is 5.53. The van der Waals surface area contributed by atoms with E-state index in [0.29, 0.717) is 12.8 Å². The lowest BCUT2D eigenvalue weighted by molar-refractivity contribution is -0.137. The number of carbonyl (C=O) groups excluding carboxylic acids is 1. The van der Waals surface area contributed by atoms with Crippen molar-refractivity contribution in [3.8, 4) is 0 Å². The van der Waals surface area contributed by atoms with Crippen LogP contribution in [0.2, 0.25) is 0 Å². The number of benzene rings is 1. The normalized spacial score (nSPS) is 24.2. The average Bonchev–Trinajstić information content (AvgIpc) is 2.38. The van der Waals surface area contributed by atoms with Crippen LogP contribution in [0.3, 0.4) is 0 Å². The molecule has 1 aliphatic carbocycles. The van der Waals surface area contributed by atoms with Gasteiger partial charge in [-0.3, -0.25) is 4.79 Å². The maximum atomic E-state index is 12.4. The van der Waals surface area contributed by atoms with Crippen LogP contribution >= 0.6 is 11.6 Å². The van der Waals surface area contributed by atoms with E-state index in [1.165, 1.54) is 12.1 Å². The van der Waals surface area contributed by atoms with E-state index in [9.17, 15) is 18.0 Å². The first kappa shape index (κ1) is 14.4. The van der Waals surface area contributed by atoms with Crippen LogP contribution in [-0.2, 0) is 11.0 Å². The quantitative estimate of drug-likeness (QED) is 0.719. The van der Waals surface area contributed by atoms with Gasteiger partial charge in [-0.1, -0.05) is 12.1 Å². The molecular formula is C14H14ClF3O. The molecule has 0 bridgehead atoms. The van der Waals surface area contributed by atoms with E-state index >= 15 is 0 Å². The topological polar surface area (TPSA) is 17.1 Å². The van der Waals surface area contributed by atoms with Gasteiger partial charge in [0.1, 0.15) is 0 Å². The van der Waals surface area contributed by atoms with Gasteiger partial charge >= 0.3 is 6.18 Å². The van der Waals surface area contributed by atoms with Gasteiger partial charge in [-0.25, -0.2) is 0 Å². The van der Waals surface area contributed by atoms with Crippen LogP contribution in [0.1, 0.15) is 42.7 Å². The molecule has 104 valence electrons. The van der Waals surface area contributed by atoms with Gasteiger partial charge in [0.05, 0.1) is 5.56 Å². The van der Waals surface area contributed by atoms with Gasteiger partial charge in [0.2, 0.25) is 5.24 Å². The van der Waals surface area contributed by atoms with Gasteiger partial charge < -0.3 is 0 Å². The highest BCUT2D eigenvalue weighted by atomic mass is 35.5. The summed E-state index contributed by atoms with van der Waals surface area (Å²) in [6.45, 7) is 0. The van der Waals surface area contributed by atoms with E-state index in [1.54, 1.807) is 0 Å². The predicted octanol–water partition coefficient (Wildman–Crippen LogP) is 4.74. The molecule has 1 fully saturated rings. The monoisotopic (exact) mass is 290 g/mol. The van der Waals surface area contributed by atoms with Gasteiger partial charge in [0.25, 0.3) is 0 Å². The molecule has 0 amide bonds. The fourth-order valence-electron chi connectivity index (χ4n) is 2.60. The van der Waals surface area contributed by atoms with Crippen molar-refractivity contribution in [2.75, 3.05) is 0 Å². The third-order valence-corrected chi connectivity index (χ3v) is 4.07. The largest absolute Gasteiger partial charge is 0.416 e. The molecule has 0 aliphatic heterocycles. The fraction of sp³-hybridized carbons (Fsp3) is 0.500. The number of carbonyl (C=O) groups is 1. The van der Waals surface area contributed by atoms with E-state index in [2.05, 4.69) is 0 Å². The molecule has 1 aliphatic rings. The standard InChI is InChI=1S/C14H14ClF3O/c15-13(19)11-3-1-9(2-4-11)10-5-7-12(8-6-10)14(16,17)18/h5-9,11H,1-4H2. The van der Waals surface area contributed by atoms with Gasteiger partial charge in [-0.15, -0.1) is 0 Å². The summed E-state index contributed by atoms with van der Waals surface area (Å²) in [4.78, 5) is 11.0. The molecule has 1 saturated carbocycles. The molecular weight excluding hydrogens is 277 g/mol. The van der Waals surface area contributed by atoms with Crippen molar-refractivity contribution in [1.82, 2.24) is 0 Å². The first-order valence-corrected chi connectivity index (χ1v) is 6.62. The average molecular weight is 291 g/mol. The molecule has 0 heterocycles. The minimum absolute atomic E-state index is 0.0904. The summed E-state index contributed by atoms with van der Waals surface area (Å²) < 4.78 is 37.3. The van der Waals surface area contributed by atoms with Crippen molar-refractivity contribution in [3.63, 3.8) is 0 Å². The highest BCUT2D eigenvalue weighted by Gasteiger charge is 2.31. The van der Waals surface area contributed by atoms with E-state index < -0.39 is 11.7 Å². The molecule has 0 radical (unpaired) electrons. The number of hydrogen-bond acceptors (Lipinski definition) is 1. The SMILES string of the molecule is O=C(Cl)C1CCC(c2ccc(C(F)(F)F)cc2)CC1. The smallest absolute Gasteiger partial charge is 0.281 e. The van der Waals surface area contributed by atoms with Gasteiger partial charge in [0.15, 0.2) is 0 Å². The summed E-state index contributed by atoms with van der Waals surface area (Å²) >= 11 is 5.46. The second-order valence-electron chi connectivity index (χ2n) is 4.97. The maximum Gasteiger partial charge on any atom is 0.416 e. The number of hydrogen-bond donors (Lipinski definition) is 0. The number of alkyl halides is 3. The Labute approximate surface area is 114 Å². The minimum Gasteiger partial charge on any atom is -0.281 e. The molecule has 0 aromatic heterocycles. The maximum absolute atomic E-state index is 12.4. The van der Waals surface area contributed by atoms with Crippen LogP contribution in [0.4, 0.5) is 13.2 Å². The van der Waals surface area contributed by atoms with Gasteiger partial charge in [0, 0.05) is 5.92 Å².